The molecule has 0 radical (unpaired) electrons. The molecule has 5 aromatic rings. The van der Waals surface area contributed by atoms with Gasteiger partial charge >= 0.3 is 0 Å². The highest BCUT2D eigenvalue weighted by molar-refractivity contribution is 5.92. The van der Waals surface area contributed by atoms with E-state index in [2.05, 4.69) is 40.8 Å². The van der Waals surface area contributed by atoms with Crippen LogP contribution in [0.1, 0.15) is 40.4 Å². The van der Waals surface area contributed by atoms with E-state index in [0.29, 0.717) is 28.7 Å². The van der Waals surface area contributed by atoms with Crippen molar-refractivity contribution in [2.24, 2.45) is 0 Å². The summed E-state index contributed by atoms with van der Waals surface area (Å²) in [4.78, 5) is 30.8. The Balaban J connectivity index is 1.26. The van der Waals surface area contributed by atoms with Crippen LogP contribution in [0.3, 0.4) is 0 Å². The first-order valence-corrected chi connectivity index (χ1v) is 11.9. The van der Waals surface area contributed by atoms with Crippen LogP contribution in [0.4, 0.5) is 11.6 Å². The van der Waals surface area contributed by atoms with E-state index in [9.17, 15) is 4.79 Å². The third kappa shape index (κ3) is 5.67. The lowest BCUT2D eigenvalue weighted by Crippen LogP contribution is -2.27. The minimum Gasteiger partial charge on any atom is -0.344 e. The van der Waals surface area contributed by atoms with Gasteiger partial charge in [0.2, 0.25) is 0 Å². The summed E-state index contributed by atoms with van der Waals surface area (Å²) in [5.74, 6) is 1.53. The number of carbonyl (C=O) groups is 1. The zero-order chi connectivity index (χ0) is 25.8. The summed E-state index contributed by atoms with van der Waals surface area (Å²) in [5.41, 5.74) is 5.59. The largest absolute Gasteiger partial charge is 0.344 e. The molecule has 0 spiro atoms. The topological polar surface area (TPSA) is 121 Å². The molecule has 1 atom stereocenters. The van der Waals surface area contributed by atoms with E-state index in [1.807, 2.05) is 75.4 Å². The second kappa shape index (κ2) is 10.4. The summed E-state index contributed by atoms with van der Waals surface area (Å²) in [6, 6.07) is 20.9. The normalized spacial score (nSPS) is 11.6. The quantitative estimate of drug-likeness (QED) is 0.287. The zero-order valence-corrected chi connectivity index (χ0v) is 20.7. The standard InChI is InChI=1S/C28H26N8O/c1-17-13-25(33-26-14-18(2)35-36-26)34-27(31-17)22-10-12-24(30-16-22)28(37)32-19(3)21-9-11-23(29-15-21)20-7-5-4-6-8-20/h4-16,19H,1-3H3,(H,32,37)(H2,31,33,34,35,36). The van der Waals surface area contributed by atoms with Gasteiger partial charge in [-0.15, -0.1) is 0 Å². The smallest absolute Gasteiger partial charge is 0.270 e. The fraction of sp³-hybridized carbons (Fsp3) is 0.143. The van der Waals surface area contributed by atoms with Crippen LogP contribution in [0.2, 0.25) is 0 Å². The Morgan fingerprint density at radius 2 is 1.70 bits per heavy atom. The molecule has 1 amide bonds. The number of aromatic amines is 1. The fourth-order valence-electron chi connectivity index (χ4n) is 3.83. The van der Waals surface area contributed by atoms with Gasteiger partial charge in [-0.2, -0.15) is 5.10 Å². The first kappa shape index (κ1) is 23.8. The summed E-state index contributed by atoms with van der Waals surface area (Å²) < 4.78 is 0. The van der Waals surface area contributed by atoms with Gasteiger partial charge in [0.15, 0.2) is 11.6 Å². The third-order valence-corrected chi connectivity index (χ3v) is 5.77. The van der Waals surface area contributed by atoms with Crippen LogP contribution in [-0.2, 0) is 0 Å². The van der Waals surface area contributed by atoms with E-state index >= 15 is 0 Å². The molecule has 37 heavy (non-hydrogen) atoms. The van der Waals surface area contributed by atoms with Crippen molar-refractivity contribution in [3.05, 3.63) is 102 Å². The number of benzene rings is 1. The Morgan fingerprint density at radius 3 is 2.38 bits per heavy atom. The molecule has 9 heteroatoms. The molecule has 1 aromatic carbocycles. The van der Waals surface area contributed by atoms with Crippen molar-refractivity contribution in [1.29, 1.82) is 0 Å². The Labute approximate surface area is 214 Å². The number of rotatable bonds is 7. The van der Waals surface area contributed by atoms with Gasteiger partial charge in [0.05, 0.1) is 11.7 Å². The predicted octanol–water partition coefficient (Wildman–Crippen LogP) is 5.18. The first-order valence-electron chi connectivity index (χ1n) is 11.9. The van der Waals surface area contributed by atoms with Crippen molar-refractivity contribution >= 4 is 17.5 Å². The molecule has 4 heterocycles. The van der Waals surface area contributed by atoms with E-state index in [4.69, 9.17) is 0 Å². The number of aromatic nitrogens is 6. The van der Waals surface area contributed by atoms with Crippen molar-refractivity contribution in [1.82, 2.24) is 35.5 Å². The van der Waals surface area contributed by atoms with E-state index in [1.165, 1.54) is 0 Å². The summed E-state index contributed by atoms with van der Waals surface area (Å²) in [6.45, 7) is 5.74. The molecule has 0 aliphatic carbocycles. The number of nitrogens with one attached hydrogen (secondary N) is 3. The Morgan fingerprint density at radius 1 is 0.865 bits per heavy atom. The molecule has 0 aliphatic rings. The molecule has 1 unspecified atom stereocenters. The minimum absolute atomic E-state index is 0.231. The van der Waals surface area contributed by atoms with Crippen molar-refractivity contribution in [2.45, 2.75) is 26.8 Å². The monoisotopic (exact) mass is 490 g/mol. The van der Waals surface area contributed by atoms with Gasteiger partial charge in [-0.1, -0.05) is 36.4 Å². The van der Waals surface area contributed by atoms with E-state index < -0.39 is 0 Å². The highest BCUT2D eigenvalue weighted by Gasteiger charge is 2.14. The molecule has 3 N–H and O–H groups in total. The Kier molecular flexibility index (Phi) is 6.67. The SMILES string of the molecule is Cc1cc(Nc2cc(C)[nH]n2)nc(-c2ccc(C(=O)NC(C)c3ccc(-c4ccccc4)nc3)nc2)n1. The van der Waals surface area contributed by atoms with Gasteiger partial charge in [-0.05, 0) is 44.5 Å². The van der Waals surface area contributed by atoms with E-state index in [0.717, 1.165) is 28.2 Å². The molecule has 4 aromatic heterocycles. The number of carbonyl (C=O) groups excluding carboxylic acids is 1. The predicted molar refractivity (Wildman–Crippen MR) is 142 cm³/mol. The Bertz CT molecular complexity index is 1510. The second-order valence-corrected chi connectivity index (χ2v) is 8.75. The molecule has 0 fully saturated rings. The third-order valence-electron chi connectivity index (χ3n) is 5.77. The number of H-pyrrole nitrogens is 1. The molecule has 0 saturated carbocycles. The maximum Gasteiger partial charge on any atom is 0.270 e. The van der Waals surface area contributed by atoms with Gasteiger partial charge < -0.3 is 10.6 Å². The lowest BCUT2D eigenvalue weighted by molar-refractivity contribution is 0.0935. The van der Waals surface area contributed by atoms with Crippen molar-refractivity contribution in [3.63, 3.8) is 0 Å². The van der Waals surface area contributed by atoms with Crippen LogP contribution in [0.25, 0.3) is 22.6 Å². The summed E-state index contributed by atoms with van der Waals surface area (Å²) >= 11 is 0. The van der Waals surface area contributed by atoms with E-state index in [-0.39, 0.29) is 11.9 Å². The van der Waals surface area contributed by atoms with Crippen LogP contribution in [0.5, 0.6) is 0 Å². The van der Waals surface area contributed by atoms with Crippen LogP contribution in [0, 0.1) is 13.8 Å². The molecule has 0 bridgehead atoms. The summed E-state index contributed by atoms with van der Waals surface area (Å²) in [5, 5.41) is 13.2. The van der Waals surface area contributed by atoms with Gasteiger partial charge in [0.25, 0.3) is 5.91 Å². The summed E-state index contributed by atoms with van der Waals surface area (Å²) in [6.07, 6.45) is 3.39. The summed E-state index contributed by atoms with van der Waals surface area (Å²) in [7, 11) is 0. The molecular weight excluding hydrogens is 464 g/mol. The highest BCUT2D eigenvalue weighted by atomic mass is 16.1. The highest BCUT2D eigenvalue weighted by Crippen LogP contribution is 2.21. The van der Waals surface area contributed by atoms with Crippen LogP contribution in [-0.4, -0.2) is 36.0 Å². The number of hydrogen-bond donors (Lipinski definition) is 3. The molecule has 0 aliphatic heterocycles. The second-order valence-electron chi connectivity index (χ2n) is 8.75. The van der Waals surface area contributed by atoms with Crippen LogP contribution < -0.4 is 10.6 Å². The fourth-order valence-corrected chi connectivity index (χ4v) is 3.83. The number of anilines is 2. The average molecular weight is 491 g/mol. The van der Waals surface area contributed by atoms with Crippen molar-refractivity contribution in [2.75, 3.05) is 5.32 Å². The zero-order valence-electron chi connectivity index (χ0n) is 20.7. The number of amides is 1. The van der Waals surface area contributed by atoms with Crippen LogP contribution >= 0.6 is 0 Å². The number of hydrogen-bond acceptors (Lipinski definition) is 7. The maximum absolute atomic E-state index is 12.8. The first-order chi connectivity index (χ1) is 17.9. The molecule has 0 saturated heterocycles. The average Bonchev–Trinajstić information content (AvgIpc) is 3.33. The molecule has 9 nitrogen and oxygen atoms in total. The lowest BCUT2D eigenvalue weighted by Gasteiger charge is -2.14. The number of pyridine rings is 2. The number of nitrogens with zero attached hydrogens (tertiary/aromatic N) is 5. The Hall–Kier alpha value is -4.92. The number of aryl methyl sites for hydroxylation is 2. The lowest BCUT2D eigenvalue weighted by atomic mass is 10.1. The minimum atomic E-state index is -0.271. The van der Waals surface area contributed by atoms with E-state index in [1.54, 1.807) is 24.5 Å². The van der Waals surface area contributed by atoms with Crippen molar-refractivity contribution in [3.8, 4) is 22.6 Å². The van der Waals surface area contributed by atoms with Crippen molar-refractivity contribution < 1.29 is 4.79 Å². The maximum atomic E-state index is 12.8. The molecular formula is C28H26N8O. The van der Waals surface area contributed by atoms with Gasteiger partial charge in [0.1, 0.15) is 11.5 Å². The van der Waals surface area contributed by atoms with Gasteiger partial charge in [-0.25, -0.2) is 9.97 Å². The molecule has 5 rings (SSSR count). The molecule has 184 valence electrons. The van der Waals surface area contributed by atoms with Gasteiger partial charge in [-0.3, -0.25) is 19.9 Å². The van der Waals surface area contributed by atoms with Gasteiger partial charge in [0, 0.05) is 47.0 Å². The van der Waals surface area contributed by atoms with Crippen LogP contribution in [0.15, 0.2) is 79.1 Å².